The number of benzene rings is 2. The van der Waals surface area contributed by atoms with Crippen molar-refractivity contribution in [3.05, 3.63) is 58.6 Å². The fourth-order valence-corrected chi connectivity index (χ4v) is 5.40. The van der Waals surface area contributed by atoms with Gasteiger partial charge < -0.3 is 4.90 Å². The molecule has 1 amide bonds. The number of amides is 1. The van der Waals surface area contributed by atoms with Crippen LogP contribution in [0.1, 0.15) is 36.8 Å². The predicted octanol–water partition coefficient (Wildman–Crippen LogP) is 5.26. The van der Waals surface area contributed by atoms with Crippen molar-refractivity contribution >= 4 is 33.2 Å². The lowest BCUT2D eigenvalue weighted by Gasteiger charge is -2.30. The topological polar surface area (TPSA) is 57.7 Å². The van der Waals surface area contributed by atoms with E-state index in [4.69, 9.17) is 11.6 Å². The van der Waals surface area contributed by atoms with Crippen molar-refractivity contribution in [2.45, 2.75) is 49.7 Å². The molecular formula is C22H24ClF3N2O3S. The van der Waals surface area contributed by atoms with E-state index < -0.39 is 39.2 Å². The first kappa shape index (κ1) is 24.4. The molecule has 174 valence electrons. The maximum absolute atomic E-state index is 13.4. The zero-order valence-electron chi connectivity index (χ0n) is 17.7. The molecule has 0 N–H and O–H groups in total. The molecule has 5 nitrogen and oxygen atoms in total. The Hall–Kier alpha value is -2.26. The minimum atomic E-state index is -4.78. The Kier molecular flexibility index (Phi) is 7.09. The smallest absolute Gasteiger partial charge is 0.341 e. The summed E-state index contributed by atoms with van der Waals surface area (Å²) in [5.41, 5.74) is -0.633. The predicted molar refractivity (Wildman–Crippen MR) is 117 cm³/mol. The summed E-state index contributed by atoms with van der Waals surface area (Å²) in [4.78, 5) is 14.3. The van der Waals surface area contributed by atoms with Gasteiger partial charge in [-0.3, -0.25) is 9.10 Å². The van der Waals surface area contributed by atoms with Gasteiger partial charge in [0.05, 0.1) is 21.2 Å². The van der Waals surface area contributed by atoms with Crippen molar-refractivity contribution in [2.75, 3.05) is 17.9 Å². The SMILES string of the molecule is Cc1ccc(S(=O)(=O)N(CC(=O)N(C)C2CCCC2)c2ccc(Cl)c(C(F)(F)F)c2)cc1. The van der Waals surface area contributed by atoms with Gasteiger partial charge in [0.2, 0.25) is 5.91 Å². The maximum Gasteiger partial charge on any atom is 0.417 e. The third-order valence-electron chi connectivity index (χ3n) is 5.70. The molecule has 10 heteroatoms. The fourth-order valence-electron chi connectivity index (χ4n) is 3.77. The first-order valence-electron chi connectivity index (χ1n) is 10.1. The lowest BCUT2D eigenvalue weighted by atomic mass is 10.2. The van der Waals surface area contributed by atoms with Crippen molar-refractivity contribution in [3.63, 3.8) is 0 Å². The second kappa shape index (κ2) is 9.31. The summed E-state index contributed by atoms with van der Waals surface area (Å²) in [6, 6.07) is 8.71. The van der Waals surface area contributed by atoms with Gasteiger partial charge in [0, 0.05) is 13.1 Å². The molecule has 0 atom stereocenters. The zero-order chi connectivity index (χ0) is 23.7. The number of likely N-dealkylation sites (N-methyl/N-ethyl adjacent to an activating group) is 1. The second-order valence-corrected chi connectivity index (χ2v) is 10.2. The second-order valence-electron chi connectivity index (χ2n) is 7.93. The summed E-state index contributed by atoms with van der Waals surface area (Å²) in [5, 5.41) is -0.552. The van der Waals surface area contributed by atoms with Gasteiger partial charge in [-0.2, -0.15) is 13.2 Å². The van der Waals surface area contributed by atoms with E-state index in [-0.39, 0.29) is 16.6 Å². The lowest BCUT2D eigenvalue weighted by molar-refractivity contribution is -0.137. The molecule has 0 bridgehead atoms. The number of alkyl halides is 3. The number of sulfonamides is 1. The Morgan fingerprint density at radius 1 is 1.09 bits per heavy atom. The zero-order valence-corrected chi connectivity index (χ0v) is 19.3. The van der Waals surface area contributed by atoms with Crippen LogP contribution in [-0.4, -0.2) is 38.9 Å². The van der Waals surface area contributed by atoms with Crippen LogP contribution in [0, 0.1) is 6.92 Å². The molecule has 0 saturated heterocycles. The molecule has 1 fully saturated rings. The van der Waals surface area contributed by atoms with Crippen LogP contribution in [-0.2, 0) is 21.0 Å². The minimum Gasteiger partial charge on any atom is -0.341 e. The number of carbonyl (C=O) groups is 1. The maximum atomic E-state index is 13.4. The van der Waals surface area contributed by atoms with Crippen molar-refractivity contribution in [2.24, 2.45) is 0 Å². The van der Waals surface area contributed by atoms with Crippen LogP contribution in [0.4, 0.5) is 18.9 Å². The number of anilines is 1. The van der Waals surface area contributed by atoms with Crippen molar-refractivity contribution in [1.29, 1.82) is 0 Å². The third-order valence-corrected chi connectivity index (χ3v) is 7.81. The third kappa shape index (κ3) is 5.20. The number of rotatable bonds is 6. The van der Waals surface area contributed by atoms with Gasteiger partial charge in [0.1, 0.15) is 6.54 Å². The van der Waals surface area contributed by atoms with Gasteiger partial charge >= 0.3 is 6.18 Å². The van der Waals surface area contributed by atoms with Crippen LogP contribution in [0.3, 0.4) is 0 Å². The molecule has 0 heterocycles. The fraction of sp³-hybridized carbons (Fsp3) is 0.409. The Bertz CT molecular complexity index is 1080. The molecule has 1 saturated carbocycles. The van der Waals surface area contributed by atoms with Crippen LogP contribution < -0.4 is 4.31 Å². The summed E-state index contributed by atoms with van der Waals surface area (Å²) in [5.74, 6) is -0.490. The number of halogens is 4. The van der Waals surface area contributed by atoms with Crippen LogP contribution in [0.5, 0.6) is 0 Å². The van der Waals surface area contributed by atoms with E-state index in [2.05, 4.69) is 0 Å². The quantitative estimate of drug-likeness (QED) is 0.557. The molecule has 2 aromatic carbocycles. The van der Waals surface area contributed by atoms with E-state index in [1.54, 1.807) is 26.1 Å². The average molecular weight is 489 g/mol. The Morgan fingerprint density at radius 3 is 2.25 bits per heavy atom. The summed E-state index contributed by atoms with van der Waals surface area (Å²) >= 11 is 5.71. The number of nitrogens with zero attached hydrogens (tertiary/aromatic N) is 2. The molecular weight excluding hydrogens is 465 g/mol. The average Bonchev–Trinajstić information content (AvgIpc) is 3.26. The van der Waals surface area contributed by atoms with E-state index in [9.17, 15) is 26.4 Å². The summed E-state index contributed by atoms with van der Waals surface area (Å²) in [6.45, 7) is 1.16. The van der Waals surface area contributed by atoms with Crippen LogP contribution >= 0.6 is 11.6 Å². The highest BCUT2D eigenvalue weighted by molar-refractivity contribution is 7.92. The van der Waals surface area contributed by atoms with E-state index in [1.807, 2.05) is 0 Å². The normalized spacial score (nSPS) is 15.1. The number of hydrogen-bond donors (Lipinski definition) is 0. The van der Waals surface area contributed by atoms with Crippen molar-refractivity contribution < 1.29 is 26.4 Å². The standard InChI is InChI=1S/C22H24ClF3N2O3S/c1-15-7-10-18(11-8-15)32(30,31)28(14-21(29)27(2)16-5-3-4-6-16)17-9-12-20(23)19(13-17)22(24,25)26/h7-13,16H,3-6,14H2,1-2H3. The van der Waals surface area contributed by atoms with Gasteiger partial charge in [-0.1, -0.05) is 42.1 Å². The Labute approximate surface area is 190 Å². The highest BCUT2D eigenvalue weighted by atomic mass is 35.5. The van der Waals surface area contributed by atoms with Crippen LogP contribution in [0.15, 0.2) is 47.4 Å². The highest BCUT2D eigenvalue weighted by Crippen LogP contribution is 2.38. The molecule has 3 rings (SSSR count). The molecule has 0 radical (unpaired) electrons. The Morgan fingerprint density at radius 2 is 1.69 bits per heavy atom. The lowest BCUT2D eigenvalue weighted by Crippen LogP contribution is -2.44. The summed E-state index contributed by atoms with van der Waals surface area (Å²) in [7, 11) is -2.73. The minimum absolute atomic E-state index is 0.0117. The Balaban J connectivity index is 2.05. The van der Waals surface area contributed by atoms with E-state index in [1.165, 1.54) is 23.1 Å². The van der Waals surface area contributed by atoms with Gasteiger partial charge in [-0.15, -0.1) is 0 Å². The molecule has 0 unspecified atom stereocenters. The molecule has 0 aliphatic heterocycles. The summed E-state index contributed by atoms with van der Waals surface area (Å²) in [6.07, 6.45) is -1.21. The molecule has 0 spiro atoms. The van der Waals surface area contributed by atoms with Gasteiger partial charge in [-0.05, 0) is 50.1 Å². The van der Waals surface area contributed by atoms with Crippen molar-refractivity contribution in [1.82, 2.24) is 4.90 Å². The molecule has 2 aromatic rings. The number of carbonyl (C=O) groups excluding carboxylic acids is 1. The van der Waals surface area contributed by atoms with Crippen molar-refractivity contribution in [3.8, 4) is 0 Å². The molecule has 0 aromatic heterocycles. The van der Waals surface area contributed by atoms with E-state index >= 15 is 0 Å². The molecule has 1 aliphatic rings. The van der Waals surface area contributed by atoms with E-state index in [0.717, 1.165) is 41.6 Å². The monoisotopic (exact) mass is 488 g/mol. The number of hydrogen-bond acceptors (Lipinski definition) is 3. The van der Waals surface area contributed by atoms with Gasteiger partial charge in [-0.25, -0.2) is 8.42 Å². The largest absolute Gasteiger partial charge is 0.417 e. The number of aryl methyl sites for hydroxylation is 1. The van der Waals surface area contributed by atoms with Crippen LogP contribution in [0.25, 0.3) is 0 Å². The van der Waals surface area contributed by atoms with E-state index in [0.29, 0.717) is 6.07 Å². The van der Waals surface area contributed by atoms with Gasteiger partial charge in [0.25, 0.3) is 10.0 Å². The molecule has 1 aliphatic carbocycles. The van der Waals surface area contributed by atoms with Crippen LogP contribution in [0.2, 0.25) is 5.02 Å². The summed E-state index contributed by atoms with van der Waals surface area (Å²) < 4.78 is 67.8. The van der Waals surface area contributed by atoms with Gasteiger partial charge in [0.15, 0.2) is 0 Å². The first-order valence-corrected chi connectivity index (χ1v) is 11.9. The molecule has 32 heavy (non-hydrogen) atoms. The first-order chi connectivity index (χ1) is 14.9. The highest BCUT2D eigenvalue weighted by Gasteiger charge is 2.36.